The minimum absolute atomic E-state index is 0.0314. The molecule has 0 spiro atoms. The number of aromatic nitrogens is 2. The molecular formula is C19H25N5O2. The number of carbonyl (C=O) groups is 1. The monoisotopic (exact) mass is 355 g/mol. The summed E-state index contributed by atoms with van der Waals surface area (Å²) in [6.07, 6.45) is 0. The predicted molar refractivity (Wildman–Crippen MR) is 100 cm³/mol. The number of nitrogens with one attached hydrogen (secondary N) is 1. The first-order valence-corrected chi connectivity index (χ1v) is 8.75. The van der Waals surface area contributed by atoms with Crippen LogP contribution in [0.1, 0.15) is 21.7 Å². The number of nitrogens with zero attached hydrogens (tertiary/aromatic N) is 4. The van der Waals surface area contributed by atoms with E-state index < -0.39 is 0 Å². The molecule has 1 aliphatic rings. The normalized spacial score (nSPS) is 15.0. The van der Waals surface area contributed by atoms with E-state index in [9.17, 15) is 4.79 Å². The van der Waals surface area contributed by atoms with Crippen LogP contribution in [0.15, 0.2) is 30.3 Å². The van der Waals surface area contributed by atoms with E-state index in [2.05, 4.69) is 27.2 Å². The highest BCUT2D eigenvalue weighted by molar-refractivity contribution is 5.92. The van der Waals surface area contributed by atoms with Gasteiger partial charge in [0.15, 0.2) is 0 Å². The number of aryl methyl sites for hydroxylation is 1. The summed E-state index contributed by atoms with van der Waals surface area (Å²) >= 11 is 0. The van der Waals surface area contributed by atoms with Gasteiger partial charge in [-0.3, -0.25) is 4.79 Å². The molecule has 0 unspecified atom stereocenters. The van der Waals surface area contributed by atoms with E-state index in [-0.39, 0.29) is 5.91 Å². The number of benzene rings is 1. The number of rotatable bonds is 5. The van der Waals surface area contributed by atoms with E-state index in [0.717, 1.165) is 43.2 Å². The van der Waals surface area contributed by atoms with Crippen LogP contribution in [0.3, 0.4) is 0 Å². The maximum Gasteiger partial charge on any atom is 0.272 e. The second kappa shape index (κ2) is 8.14. The van der Waals surface area contributed by atoms with Crippen molar-refractivity contribution in [3.8, 4) is 5.75 Å². The van der Waals surface area contributed by atoms with Gasteiger partial charge >= 0.3 is 0 Å². The molecule has 1 N–H and O–H groups in total. The number of likely N-dealkylation sites (N-methyl/N-ethyl adjacent to an activating group) is 1. The van der Waals surface area contributed by atoms with Crippen molar-refractivity contribution < 1.29 is 9.53 Å². The van der Waals surface area contributed by atoms with Gasteiger partial charge in [0.1, 0.15) is 11.4 Å². The number of ether oxygens (including phenoxy) is 1. The van der Waals surface area contributed by atoms with Crippen LogP contribution in [0.2, 0.25) is 0 Å². The Kier molecular flexibility index (Phi) is 5.68. The number of hydrogen-bond donors (Lipinski definition) is 1. The number of carbonyl (C=O) groups excluding carboxylic acids is 1. The average molecular weight is 355 g/mol. The standard InChI is InChI=1S/C19H25N5O2/c1-14-12-17(18(25)24-10-8-23(2)9-11-24)22-19(21-14)20-13-15-4-6-16(26-3)7-5-15/h4-7,12H,8-11,13H2,1-3H3,(H,20,21,22). The van der Waals surface area contributed by atoms with Crippen LogP contribution in [0.4, 0.5) is 5.95 Å². The van der Waals surface area contributed by atoms with Crippen molar-refractivity contribution in [2.24, 2.45) is 0 Å². The number of piperazine rings is 1. The van der Waals surface area contributed by atoms with E-state index in [0.29, 0.717) is 18.2 Å². The molecule has 1 aromatic carbocycles. The first kappa shape index (κ1) is 18.1. The Morgan fingerprint density at radius 2 is 1.85 bits per heavy atom. The first-order chi connectivity index (χ1) is 12.5. The van der Waals surface area contributed by atoms with Crippen LogP contribution in [-0.2, 0) is 6.54 Å². The Hall–Kier alpha value is -2.67. The molecule has 138 valence electrons. The summed E-state index contributed by atoms with van der Waals surface area (Å²) in [6, 6.07) is 9.54. The summed E-state index contributed by atoms with van der Waals surface area (Å²) in [5, 5.41) is 3.20. The smallest absolute Gasteiger partial charge is 0.272 e. The highest BCUT2D eigenvalue weighted by Crippen LogP contribution is 2.14. The highest BCUT2D eigenvalue weighted by atomic mass is 16.5. The summed E-state index contributed by atoms with van der Waals surface area (Å²) < 4.78 is 5.16. The lowest BCUT2D eigenvalue weighted by Gasteiger charge is -2.32. The molecule has 3 rings (SSSR count). The van der Waals surface area contributed by atoms with Crippen molar-refractivity contribution in [2.45, 2.75) is 13.5 Å². The van der Waals surface area contributed by atoms with Crippen molar-refractivity contribution in [1.29, 1.82) is 0 Å². The molecule has 26 heavy (non-hydrogen) atoms. The highest BCUT2D eigenvalue weighted by Gasteiger charge is 2.22. The molecular weight excluding hydrogens is 330 g/mol. The maximum atomic E-state index is 12.7. The Labute approximate surface area is 154 Å². The third-order valence-corrected chi connectivity index (χ3v) is 4.47. The fraction of sp³-hybridized carbons (Fsp3) is 0.421. The summed E-state index contributed by atoms with van der Waals surface area (Å²) in [7, 11) is 3.71. The van der Waals surface area contributed by atoms with E-state index in [4.69, 9.17) is 4.74 Å². The van der Waals surface area contributed by atoms with Gasteiger partial charge in [0.2, 0.25) is 5.95 Å². The predicted octanol–water partition coefficient (Wildman–Crippen LogP) is 1.79. The summed E-state index contributed by atoms with van der Waals surface area (Å²) in [6.45, 7) is 5.69. The van der Waals surface area contributed by atoms with Gasteiger partial charge in [0.25, 0.3) is 5.91 Å². The molecule has 2 aromatic rings. The topological polar surface area (TPSA) is 70.6 Å². The van der Waals surface area contributed by atoms with Gasteiger partial charge in [0, 0.05) is 38.4 Å². The molecule has 1 fully saturated rings. The number of amides is 1. The summed E-state index contributed by atoms with van der Waals surface area (Å²) in [5.74, 6) is 1.26. The molecule has 0 saturated carbocycles. The zero-order valence-corrected chi connectivity index (χ0v) is 15.5. The van der Waals surface area contributed by atoms with E-state index in [1.807, 2.05) is 36.1 Å². The Morgan fingerprint density at radius 3 is 2.50 bits per heavy atom. The van der Waals surface area contributed by atoms with Crippen molar-refractivity contribution in [3.63, 3.8) is 0 Å². The maximum absolute atomic E-state index is 12.7. The largest absolute Gasteiger partial charge is 0.497 e. The van der Waals surface area contributed by atoms with E-state index >= 15 is 0 Å². The number of hydrogen-bond acceptors (Lipinski definition) is 6. The van der Waals surface area contributed by atoms with Gasteiger partial charge in [-0.05, 0) is 37.7 Å². The van der Waals surface area contributed by atoms with Crippen molar-refractivity contribution in [3.05, 3.63) is 47.3 Å². The van der Waals surface area contributed by atoms with Gasteiger partial charge < -0.3 is 19.9 Å². The molecule has 1 aromatic heterocycles. The summed E-state index contributed by atoms with van der Waals surface area (Å²) in [5.41, 5.74) is 2.30. The van der Waals surface area contributed by atoms with Gasteiger partial charge in [-0.25, -0.2) is 9.97 Å². The molecule has 0 aliphatic carbocycles. The molecule has 2 heterocycles. The molecule has 0 atom stereocenters. The Bertz CT molecular complexity index is 755. The molecule has 1 aliphatic heterocycles. The zero-order chi connectivity index (χ0) is 18.5. The lowest BCUT2D eigenvalue weighted by atomic mass is 10.2. The second-order valence-corrected chi connectivity index (χ2v) is 6.52. The molecule has 1 amide bonds. The van der Waals surface area contributed by atoms with Gasteiger partial charge in [0.05, 0.1) is 7.11 Å². The van der Waals surface area contributed by atoms with Crippen molar-refractivity contribution in [2.75, 3.05) is 45.7 Å². The number of anilines is 1. The van der Waals surface area contributed by atoms with E-state index in [1.165, 1.54) is 0 Å². The number of methoxy groups -OCH3 is 1. The van der Waals surface area contributed by atoms with Gasteiger partial charge in [-0.2, -0.15) is 0 Å². The molecule has 1 saturated heterocycles. The molecule has 0 radical (unpaired) electrons. The minimum Gasteiger partial charge on any atom is -0.497 e. The van der Waals surface area contributed by atoms with Crippen LogP contribution in [0, 0.1) is 6.92 Å². The molecule has 7 nitrogen and oxygen atoms in total. The lowest BCUT2D eigenvalue weighted by Crippen LogP contribution is -2.47. The minimum atomic E-state index is -0.0314. The zero-order valence-electron chi connectivity index (χ0n) is 15.5. The Balaban J connectivity index is 1.67. The van der Waals surface area contributed by atoms with Crippen molar-refractivity contribution in [1.82, 2.24) is 19.8 Å². The first-order valence-electron chi connectivity index (χ1n) is 8.75. The molecule has 7 heteroatoms. The fourth-order valence-corrected chi connectivity index (χ4v) is 2.85. The van der Waals surface area contributed by atoms with Crippen LogP contribution in [-0.4, -0.2) is 66.0 Å². The quantitative estimate of drug-likeness (QED) is 0.882. The third-order valence-electron chi connectivity index (χ3n) is 4.47. The fourth-order valence-electron chi connectivity index (χ4n) is 2.85. The average Bonchev–Trinajstić information content (AvgIpc) is 2.66. The SMILES string of the molecule is COc1ccc(CNc2nc(C)cc(C(=O)N3CCN(C)CC3)n2)cc1. The van der Waals surface area contributed by atoms with Crippen LogP contribution >= 0.6 is 0 Å². The van der Waals surface area contributed by atoms with Gasteiger partial charge in [-0.1, -0.05) is 12.1 Å². The van der Waals surface area contributed by atoms with Crippen LogP contribution in [0.25, 0.3) is 0 Å². The second-order valence-electron chi connectivity index (χ2n) is 6.52. The van der Waals surface area contributed by atoms with E-state index in [1.54, 1.807) is 13.2 Å². The Morgan fingerprint density at radius 1 is 1.15 bits per heavy atom. The third kappa shape index (κ3) is 4.49. The van der Waals surface area contributed by atoms with Crippen LogP contribution < -0.4 is 10.1 Å². The van der Waals surface area contributed by atoms with Gasteiger partial charge in [-0.15, -0.1) is 0 Å². The summed E-state index contributed by atoms with van der Waals surface area (Å²) in [4.78, 5) is 25.6. The van der Waals surface area contributed by atoms with Crippen molar-refractivity contribution >= 4 is 11.9 Å². The van der Waals surface area contributed by atoms with Crippen LogP contribution in [0.5, 0.6) is 5.75 Å². The lowest BCUT2D eigenvalue weighted by molar-refractivity contribution is 0.0658. The molecule has 0 bridgehead atoms.